The molecule has 0 aromatic rings. The van der Waals surface area contributed by atoms with Crippen molar-refractivity contribution in [3.63, 3.8) is 0 Å². The molecule has 1 aliphatic rings. The van der Waals surface area contributed by atoms with Crippen LogP contribution in [0.5, 0.6) is 0 Å². The zero-order chi connectivity index (χ0) is 21.9. The maximum absolute atomic E-state index is 10.2. The van der Waals surface area contributed by atoms with Gasteiger partial charge >= 0.3 is 0 Å². The zero-order valence-corrected chi connectivity index (χ0v) is 21.1. The molecule has 1 aliphatic carbocycles. The molecular weight excluding hydrogens is 356 g/mol. The van der Waals surface area contributed by atoms with Crippen molar-refractivity contribution in [2.45, 2.75) is 143 Å². The summed E-state index contributed by atoms with van der Waals surface area (Å²) in [6, 6.07) is 0. The monoisotopic (exact) mass is 410 g/mol. The predicted octanol–water partition coefficient (Wildman–Crippen LogP) is 8.16. The maximum Gasteiger partial charge on any atom is 0.0639 e. The number of ether oxygens (including phenoxy) is 1. The highest BCUT2D eigenvalue weighted by molar-refractivity contribution is 4.80. The third kappa shape index (κ3) is 13.0. The van der Waals surface area contributed by atoms with E-state index in [-0.39, 0.29) is 5.60 Å². The SMILES string of the molecule is CCC(C)(O)CCOC(C)(C)CC1CCC(CCCC(C)CCCC(C)C)CC1. The molecule has 0 aliphatic heterocycles. The second kappa shape index (κ2) is 13.4. The molecule has 1 saturated carbocycles. The molecule has 1 N–H and O–H groups in total. The first-order valence-corrected chi connectivity index (χ1v) is 12.9. The molecule has 0 radical (unpaired) electrons. The minimum absolute atomic E-state index is 0.0628. The van der Waals surface area contributed by atoms with Crippen molar-refractivity contribution < 1.29 is 9.84 Å². The average molecular weight is 411 g/mol. The molecule has 174 valence electrons. The predicted molar refractivity (Wildman–Crippen MR) is 127 cm³/mol. The Morgan fingerprint density at radius 1 is 0.897 bits per heavy atom. The highest BCUT2D eigenvalue weighted by Crippen LogP contribution is 2.37. The van der Waals surface area contributed by atoms with Crippen LogP contribution < -0.4 is 0 Å². The van der Waals surface area contributed by atoms with E-state index in [1.165, 1.54) is 70.6 Å². The van der Waals surface area contributed by atoms with Crippen molar-refractivity contribution in [2.24, 2.45) is 23.7 Å². The lowest BCUT2D eigenvalue weighted by Crippen LogP contribution is -2.32. The van der Waals surface area contributed by atoms with Crippen LogP contribution in [0.3, 0.4) is 0 Å². The van der Waals surface area contributed by atoms with Gasteiger partial charge in [0, 0.05) is 0 Å². The molecule has 2 nitrogen and oxygen atoms in total. The normalized spacial score (nSPS) is 23.9. The largest absolute Gasteiger partial charge is 0.390 e. The Morgan fingerprint density at radius 3 is 2.07 bits per heavy atom. The molecule has 0 bridgehead atoms. The van der Waals surface area contributed by atoms with E-state index in [1.54, 1.807) is 0 Å². The van der Waals surface area contributed by atoms with Crippen molar-refractivity contribution in [3.8, 4) is 0 Å². The number of rotatable bonds is 15. The molecule has 0 amide bonds. The standard InChI is InChI=1S/C27H54O2/c1-8-27(7,28)19-20-29-26(5,6)21-25-17-15-24(16-18-25)14-10-13-23(4)12-9-11-22(2)3/h22-25,28H,8-21H2,1-7H3. The molecule has 29 heavy (non-hydrogen) atoms. The van der Waals surface area contributed by atoms with Gasteiger partial charge in [-0.2, -0.15) is 0 Å². The van der Waals surface area contributed by atoms with Crippen LogP contribution in [-0.2, 0) is 4.74 Å². The van der Waals surface area contributed by atoms with Gasteiger partial charge in [-0.25, -0.2) is 0 Å². The van der Waals surface area contributed by atoms with Crippen molar-refractivity contribution >= 4 is 0 Å². The van der Waals surface area contributed by atoms with E-state index in [2.05, 4.69) is 34.6 Å². The van der Waals surface area contributed by atoms with Crippen LogP contribution in [0.2, 0.25) is 0 Å². The van der Waals surface area contributed by atoms with Crippen molar-refractivity contribution in [1.82, 2.24) is 0 Å². The quantitative estimate of drug-likeness (QED) is 0.295. The lowest BCUT2D eigenvalue weighted by atomic mass is 9.76. The highest BCUT2D eigenvalue weighted by atomic mass is 16.5. The van der Waals surface area contributed by atoms with Crippen LogP contribution in [0.4, 0.5) is 0 Å². The van der Waals surface area contributed by atoms with E-state index in [9.17, 15) is 5.11 Å². The molecule has 1 fully saturated rings. The first-order chi connectivity index (χ1) is 13.5. The van der Waals surface area contributed by atoms with Gasteiger partial charge in [0.25, 0.3) is 0 Å². The van der Waals surface area contributed by atoms with Crippen LogP contribution >= 0.6 is 0 Å². The van der Waals surface area contributed by atoms with E-state index in [0.717, 1.165) is 36.5 Å². The summed E-state index contributed by atoms with van der Waals surface area (Å²) < 4.78 is 6.17. The van der Waals surface area contributed by atoms with Gasteiger partial charge in [-0.05, 0) is 63.7 Å². The van der Waals surface area contributed by atoms with Gasteiger partial charge < -0.3 is 9.84 Å². The summed E-state index contributed by atoms with van der Waals surface area (Å²) >= 11 is 0. The molecule has 1 rings (SSSR count). The van der Waals surface area contributed by atoms with Crippen LogP contribution in [0.1, 0.15) is 132 Å². The van der Waals surface area contributed by atoms with Crippen molar-refractivity contribution in [1.29, 1.82) is 0 Å². The fraction of sp³-hybridized carbons (Fsp3) is 1.00. The fourth-order valence-corrected chi connectivity index (χ4v) is 4.98. The smallest absolute Gasteiger partial charge is 0.0639 e. The third-order valence-corrected chi connectivity index (χ3v) is 7.43. The van der Waals surface area contributed by atoms with E-state index in [4.69, 9.17) is 4.74 Å². The van der Waals surface area contributed by atoms with E-state index >= 15 is 0 Å². The summed E-state index contributed by atoms with van der Waals surface area (Å²) in [6.07, 6.45) is 16.9. The third-order valence-electron chi connectivity index (χ3n) is 7.43. The summed E-state index contributed by atoms with van der Waals surface area (Å²) in [5.41, 5.74) is -0.646. The average Bonchev–Trinajstić information content (AvgIpc) is 2.62. The van der Waals surface area contributed by atoms with E-state index < -0.39 is 5.60 Å². The van der Waals surface area contributed by atoms with Crippen LogP contribution in [0.15, 0.2) is 0 Å². The van der Waals surface area contributed by atoms with Crippen LogP contribution in [-0.4, -0.2) is 22.9 Å². The molecule has 0 spiro atoms. The van der Waals surface area contributed by atoms with Gasteiger partial charge in [0.1, 0.15) is 0 Å². The first-order valence-electron chi connectivity index (χ1n) is 12.9. The number of aliphatic hydroxyl groups is 1. The second-order valence-corrected chi connectivity index (χ2v) is 11.7. The summed E-state index contributed by atoms with van der Waals surface area (Å²) in [5.74, 6) is 3.57. The molecule has 2 unspecified atom stereocenters. The van der Waals surface area contributed by atoms with Crippen molar-refractivity contribution in [2.75, 3.05) is 6.61 Å². The molecule has 0 aromatic heterocycles. The van der Waals surface area contributed by atoms with E-state index in [0.29, 0.717) is 6.61 Å². The molecule has 2 atom stereocenters. The summed E-state index contributed by atoms with van der Waals surface area (Å²) in [5, 5.41) is 10.2. The fourth-order valence-electron chi connectivity index (χ4n) is 4.98. The molecule has 0 saturated heterocycles. The van der Waals surface area contributed by atoms with Gasteiger partial charge in [-0.15, -0.1) is 0 Å². The minimum atomic E-state index is -0.583. The Hall–Kier alpha value is -0.0800. The lowest BCUT2D eigenvalue weighted by Gasteiger charge is -2.35. The summed E-state index contributed by atoms with van der Waals surface area (Å²) in [4.78, 5) is 0. The summed E-state index contributed by atoms with van der Waals surface area (Å²) in [7, 11) is 0. The van der Waals surface area contributed by atoms with Gasteiger partial charge in [-0.1, -0.05) is 91.9 Å². The van der Waals surface area contributed by atoms with E-state index in [1.807, 2.05) is 13.8 Å². The zero-order valence-electron chi connectivity index (χ0n) is 21.1. The topological polar surface area (TPSA) is 29.5 Å². The Morgan fingerprint density at radius 2 is 1.48 bits per heavy atom. The minimum Gasteiger partial charge on any atom is -0.390 e. The molecular formula is C27H54O2. The summed E-state index contributed by atoms with van der Waals surface area (Å²) in [6.45, 7) is 16.2. The Balaban J connectivity index is 2.15. The van der Waals surface area contributed by atoms with Gasteiger partial charge in [0.2, 0.25) is 0 Å². The number of hydrogen-bond donors (Lipinski definition) is 1. The second-order valence-electron chi connectivity index (χ2n) is 11.7. The first kappa shape index (κ1) is 27.0. The highest BCUT2D eigenvalue weighted by Gasteiger charge is 2.29. The van der Waals surface area contributed by atoms with Crippen molar-refractivity contribution in [3.05, 3.63) is 0 Å². The molecule has 0 heterocycles. The number of hydrogen-bond acceptors (Lipinski definition) is 2. The van der Waals surface area contributed by atoms with Gasteiger partial charge in [0.15, 0.2) is 0 Å². The Kier molecular flexibility index (Phi) is 12.4. The Bertz CT molecular complexity index is 405. The van der Waals surface area contributed by atoms with Gasteiger partial charge in [-0.3, -0.25) is 0 Å². The Labute approximate surface area is 183 Å². The lowest BCUT2D eigenvalue weighted by molar-refractivity contribution is -0.0648. The van der Waals surface area contributed by atoms with Gasteiger partial charge in [0.05, 0.1) is 17.8 Å². The molecule has 2 heteroatoms. The molecule has 0 aromatic carbocycles. The van der Waals surface area contributed by atoms with Crippen LogP contribution in [0.25, 0.3) is 0 Å². The maximum atomic E-state index is 10.2. The van der Waals surface area contributed by atoms with Crippen LogP contribution in [0, 0.1) is 23.7 Å².